The first-order chi connectivity index (χ1) is 11.5. The summed E-state index contributed by atoms with van der Waals surface area (Å²) in [5.74, 6) is 0.985. The Hall–Kier alpha value is -1.84. The average molecular weight is 331 g/mol. The van der Waals surface area contributed by atoms with Crippen molar-refractivity contribution in [2.24, 2.45) is 11.8 Å². The molecular weight excluding hydrogens is 302 g/mol. The molecule has 0 aliphatic heterocycles. The Morgan fingerprint density at radius 3 is 2.46 bits per heavy atom. The Labute approximate surface area is 145 Å². The average Bonchev–Trinajstić information content (AvgIpc) is 3.06. The number of Topliss-reactive ketones (excluding diaryl/α,β-unsaturated/α-hetero) is 1. The fourth-order valence-corrected chi connectivity index (χ4v) is 3.29. The Morgan fingerprint density at radius 1 is 1.17 bits per heavy atom. The molecule has 1 aliphatic carbocycles. The van der Waals surface area contributed by atoms with E-state index in [1.165, 1.54) is 12.8 Å². The van der Waals surface area contributed by atoms with Crippen LogP contribution < -0.4 is 5.32 Å². The van der Waals surface area contributed by atoms with Gasteiger partial charge in [0.25, 0.3) is 0 Å². The minimum Gasteiger partial charge on any atom is -0.445 e. The zero-order valence-corrected chi connectivity index (χ0v) is 14.8. The molecule has 1 atom stereocenters. The highest BCUT2D eigenvalue weighted by Crippen LogP contribution is 2.28. The van der Waals surface area contributed by atoms with Crippen LogP contribution in [0.1, 0.15) is 57.9 Å². The first-order valence-electron chi connectivity index (χ1n) is 9.04. The van der Waals surface area contributed by atoms with Gasteiger partial charge in [-0.2, -0.15) is 0 Å². The van der Waals surface area contributed by atoms with Crippen molar-refractivity contribution < 1.29 is 14.3 Å². The van der Waals surface area contributed by atoms with E-state index in [1.54, 1.807) is 0 Å². The third-order valence-corrected chi connectivity index (χ3v) is 4.57. The standard InChI is InChI=1S/C20H29NO3/c1-15(2)12-18(19(22)13-16-8-6-7-9-16)21-20(23)24-14-17-10-4-3-5-11-17/h3-5,10-11,15-16,18H,6-9,12-14H2,1-2H3,(H,21,23)/t18-/m0/s1. The molecule has 1 amide bonds. The van der Waals surface area contributed by atoms with Gasteiger partial charge in [-0.15, -0.1) is 0 Å². The normalized spacial score (nSPS) is 16.1. The summed E-state index contributed by atoms with van der Waals surface area (Å²) >= 11 is 0. The molecule has 1 fully saturated rings. The van der Waals surface area contributed by atoms with Gasteiger partial charge in [-0.3, -0.25) is 4.79 Å². The quantitative estimate of drug-likeness (QED) is 0.764. The van der Waals surface area contributed by atoms with Crippen molar-refractivity contribution in [3.05, 3.63) is 35.9 Å². The number of ether oxygens (including phenoxy) is 1. The molecule has 132 valence electrons. The van der Waals surface area contributed by atoms with Crippen LogP contribution in [0.15, 0.2) is 30.3 Å². The van der Waals surface area contributed by atoms with Gasteiger partial charge in [0.05, 0.1) is 6.04 Å². The molecule has 0 radical (unpaired) electrons. The third kappa shape index (κ3) is 6.34. The van der Waals surface area contributed by atoms with E-state index in [4.69, 9.17) is 4.74 Å². The summed E-state index contributed by atoms with van der Waals surface area (Å²) in [6.07, 6.45) is 5.45. The molecule has 0 heterocycles. The minimum absolute atomic E-state index is 0.146. The number of carbonyl (C=O) groups is 2. The van der Waals surface area contributed by atoms with Gasteiger partial charge in [-0.05, 0) is 23.8 Å². The highest BCUT2D eigenvalue weighted by Gasteiger charge is 2.26. The predicted molar refractivity (Wildman–Crippen MR) is 94.6 cm³/mol. The molecule has 1 N–H and O–H groups in total. The highest BCUT2D eigenvalue weighted by atomic mass is 16.5. The van der Waals surface area contributed by atoms with Gasteiger partial charge in [0.1, 0.15) is 6.61 Å². The molecule has 0 aromatic heterocycles. The van der Waals surface area contributed by atoms with E-state index >= 15 is 0 Å². The Balaban J connectivity index is 1.84. The summed E-state index contributed by atoms with van der Waals surface area (Å²) in [6.45, 7) is 4.34. The zero-order chi connectivity index (χ0) is 17.4. The van der Waals surface area contributed by atoms with Gasteiger partial charge >= 0.3 is 6.09 Å². The van der Waals surface area contributed by atoms with Crippen LogP contribution in [-0.2, 0) is 16.1 Å². The lowest BCUT2D eigenvalue weighted by Gasteiger charge is -2.21. The number of nitrogens with one attached hydrogen (secondary N) is 1. The molecule has 4 nitrogen and oxygen atoms in total. The van der Waals surface area contributed by atoms with Gasteiger partial charge in [-0.1, -0.05) is 69.9 Å². The first-order valence-corrected chi connectivity index (χ1v) is 9.04. The lowest BCUT2D eigenvalue weighted by atomic mass is 9.93. The van der Waals surface area contributed by atoms with Gasteiger partial charge in [0.2, 0.25) is 0 Å². The van der Waals surface area contributed by atoms with Crippen LogP contribution in [0.4, 0.5) is 4.79 Å². The topological polar surface area (TPSA) is 55.4 Å². The summed E-state index contributed by atoms with van der Waals surface area (Å²) in [4.78, 5) is 24.6. The van der Waals surface area contributed by atoms with E-state index in [2.05, 4.69) is 19.2 Å². The fourth-order valence-electron chi connectivity index (χ4n) is 3.29. The fraction of sp³-hybridized carbons (Fsp3) is 0.600. The smallest absolute Gasteiger partial charge is 0.408 e. The lowest BCUT2D eigenvalue weighted by Crippen LogP contribution is -2.42. The first kappa shape index (κ1) is 18.5. The summed E-state index contributed by atoms with van der Waals surface area (Å²) < 4.78 is 5.26. The number of hydrogen-bond acceptors (Lipinski definition) is 3. The van der Waals surface area contributed by atoms with Crippen LogP contribution in [0.2, 0.25) is 0 Å². The second kappa shape index (κ2) is 9.45. The molecule has 0 spiro atoms. The number of hydrogen-bond donors (Lipinski definition) is 1. The van der Waals surface area contributed by atoms with Crippen LogP contribution in [-0.4, -0.2) is 17.9 Å². The number of amides is 1. The van der Waals surface area contributed by atoms with Crippen LogP contribution >= 0.6 is 0 Å². The summed E-state index contributed by atoms with van der Waals surface area (Å²) in [7, 11) is 0. The van der Waals surface area contributed by atoms with Crippen molar-refractivity contribution >= 4 is 11.9 Å². The zero-order valence-electron chi connectivity index (χ0n) is 14.8. The van der Waals surface area contributed by atoms with Crippen LogP contribution in [0, 0.1) is 11.8 Å². The summed E-state index contributed by atoms with van der Waals surface area (Å²) in [5.41, 5.74) is 0.936. The molecule has 0 bridgehead atoms. The van der Waals surface area contributed by atoms with Crippen molar-refractivity contribution in [2.45, 2.75) is 65.0 Å². The maximum atomic E-state index is 12.6. The molecule has 24 heavy (non-hydrogen) atoms. The van der Waals surface area contributed by atoms with E-state index < -0.39 is 12.1 Å². The van der Waals surface area contributed by atoms with Gasteiger partial charge in [0.15, 0.2) is 5.78 Å². The van der Waals surface area contributed by atoms with Crippen molar-refractivity contribution in [1.82, 2.24) is 5.32 Å². The van der Waals surface area contributed by atoms with Crippen LogP contribution in [0.5, 0.6) is 0 Å². The van der Waals surface area contributed by atoms with Crippen LogP contribution in [0.25, 0.3) is 0 Å². The van der Waals surface area contributed by atoms with Crippen molar-refractivity contribution in [1.29, 1.82) is 0 Å². The molecule has 1 aromatic rings. The number of alkyl carbamates (subject to hydrolysis) is 1. The Kier molecular flexibility index (Phi) is 7.29. The molecule has 0 saturated heterocycles. The largest absolute Gasteiger partial charge is 0.445 e. The van der Waals surface area contributed by atoms with E-state index in [9.17, 15) is 9.59 Å². The maximum absolute atomic E-state index is 12.6. The molecule has 0 unspecified atom stereocenters. The molecule has 4 heteroatoms. The van der Waals surface area contributed by atoms with Gasteiger partial charge < -0.3 is 10.1 Å². The minimum atomic E-state index is -0.510. The number of rotatable bonds is 8. The predicted octanol–water partition coefficient (Wildman–Crippen LogP) is 4.48. The van der Waals surface area contributed by atoms with Crippen molar-refractivity contribution in [3.8, 4) is 0 Å². The molecular formula is C20H29NO3. The van der Waals surface area contributed by atoms with E-state index in [-0.39, 0.29) is 12.4 Å². The van der Waals surface area contributed by atoms with E-state index in [0.717, 1.165) is 18.4 Å². The Morgan fingerprint density at radius 2 is 1.83 bits per heavy atom. The van der Waals surface area contributed by atoms with Gasteiger partial charge in [0, 0.05) is 6.42 Å². The van der Waals surface area contributed by atoms with Crippen LogP contribution in [0.3, 0.4) is 0 Å². The third-order valence-electron chi connectivity index (χ3n) is 4.57. The maximum Gasteiger partial charge on any atom is 0.408 e. The molecule has 1 saturated carbocycles. The van der Waals surface area contributed by atoms with Crippen molar-refractivity contribution in [2.75, 3.05) is 0 Å². The SMILES string of the molecule is CC(C)C[C@H](NC(=O)OCc1ccccc1)C(=O)CC1CCCC1. The van der Waals surface area contributed by atoms with E-state index in [1.807, 2.05) is 30.3 Å². The van der Waals surface area contributed by atoms with Gasteiger partial charge in [-0.25, -0.2) is 4.79 Å². The lowest BCUT2D eigenvalue weighted by molar-refractivity contribution is -0.122. The Bertz CT molecular complexity index is 521. The second-order valence-electron chi connectivity index (χ2n) is 7.21. The second-order valence-corrected chi connectivity index (χ2v) is 7.21. The molecule has 1 aliphatic rings. The van der Waals surface area contributed by atoms with E-state index in [0.29, 0.717) is 24.7 Å². The highest BCUT2D eigenvalue weighted by molar-refractivity contribution is 5.87. The van der Waals surface area contributed by atoms with Crippen molar-refractivity contribution in [3.63, 3.8) is 0 Å². The molecule has 2 rings (SSSR count). The number of ketones is 1. The summed E-state index contributed by atoms with van der Waals surface area (Å²) in [5, 5.41) is 2.78. The molecule has 1 aromatic carbocycles. The number of carbonyl (C=O) groups excluding carboxylic acids is 2. The summed E-state index contributed by atoms with van der Waals surface area (Å²) in [6, 6.07) is 9.11. The number of benzene rings is 1. The monoisotopic (exact) mass is 331 g/mol.